The molecule has 2 aromatic rings. The van der Waals surface area contributed by atoms with Crippen molar-refractivity contribution in [1.29, 1.82) is 0 Å². The van der Waals surface area contributed by atoms with Crippen molar-refractivity contribution in [3.05, 3.63) is 64.7 Å². The van der Waals surface area contributed by atoms with Gasteiger partial charge in [0.25, 0.3) is 0 Å². The molecule has 1 fully saturated rings. The highest BCUT2D eigenvalue weighted by Crippen LogP contribution is 2.46. The molecule has 2 atom stereocenters. The summed E-state index contributed by atoms with van der Waals surface area (Å²) >= 11 is 7.64. The molecule has 0 radical (unpaired) electrons. The van der Waals surface area contributed by atoms with E-state index in [1.165, 1.54) is 0 Å². The number of benzene rings is 2. The number of aryl methyl sites for hydroxylation is 1. The van der Waals surface area contributed by atoms with Crippen LogP contribution in [0, 0.1) is 6.92 Å². The zero-order valence-electron chi connectivity index (χ0n) is 11.9. The molecule has 2 unspecified atom stereocenters. The van der Waals surface area contributed by atoms with Gasteiger partial charge in [0.1, 0.15) is 5.37 Å². The van der Waals surface area contributed by atoms with Crippen LogP contribution >= 0.6 is 23.4 Å². The van der Waals surface area contributed by atoms with Gasteiger partial charge in [0.2, 0.25) is 5.91 Å². The number of anilines is 1. The summed E-state index contributed by atoms with van der Waals surface area (Å²) < 4.78 is 0. The zero-order chi connectivity index (χ0) is 15.0. The van der Waals surface area contributed by atoms with Crippen molar-refractivity contribution in [2.45, 2.75) is 24.5 Å². The molecular weight excluding hydrogens is 302 g/mol. The highest BCUT2D eigenvalue weighted by Gasteiger charge is 2.39. The zero-order valence-corrected chi connectivity index (χ0v) is 13.5. The van der Waals surface area contributed by atoms with Crippen LogP contribution in [-0.4, -0.2) is 11.2 Å². The van der Waals surface area contributed by atoms with Gasteiger partial charge in [0, 0.05) is 10.7 Å². The highest BCUT2D eigenvalue weighted by molar-refractivity contribution is 8.01. The molecule has 0 aromatic heterocycles. The van der Waals surface area contributed by atoms with E-state index in [2.05, 4.69) is 0 Å². The first-order chi connectivity index (χ1) is 10.1. The number of thioether (sulfide) groups is 1. The summed E-state index contributed by atoms with van der Waals surface area (Å²) in [5, 5.41) is 0.680. The molecule has 0 spiro atoms. The number of para-hydroxylation sites is 1. The second-order valence-corrected chi connectivity index (χ2v) is 7.04. The third-order valence-electron chi connectivity index (χ3n) is 3.68. The van der Waals surface area contributed by atoms with Gasteiger partial charge in [-0.05, 0) is 43.2 Å². The second kappa shape index (κ2) is 5.74. The Morgan fingerprint density at radius 1 is 1.10 bits per heavy atom. The van der Waals surface area contributed by atoms with Gasteiger partial charge in [0.05, 0.1) is 5.25 Å². The fourth-order valence-electron chi connectivity index (χ4n) is 2.56. The summed E-state index contributed by atoms with van der Waals surface area (Å²) in [6.45, 7) is 4.00. The van der Waals surface area contributed by atoms with Crippen molar-refractivity contribution in [1.82, 2.24) is 0 Å². The van der Waals surface area contributed by atoms with Gasteiger partial charge in [-0.15, -0.1) is 11.8 Å². The molecule has 0 bridgehead atoms. The SMILES string of the molecule is Cc1ccccc1N1C(=O)C(C)SC1c1ccc(Cl)cc1. The topological polar surface area (TPSA) is 20.3 Å². The molecule has 21 heavy (non-hydrogen) atoms. The first kappa shape index (κ1) is 14.5. The van der Waals surface area contributed by atoms with E-state index in [1.807, 2.05) is 67.3 Å². The largest absolute Gasteiger partial charge is 0.295 e. The molecule has 1 amide bonds. The Kier molecular flexibility index (Phi) is 3.96. The molecule has 4 heteroatoms. The minimum absolute atomic E-state index is 0.00543. The van der Waals surface area contributed by atoms with Gasteiger partial charge < -0.3 is 0 Å². The van der Waals surface area contributed by atoms with Crippen LogP contribution < -0.4 is 4.90 Å². The average molecular weight is 318 g/mol. The molecule has 1 heterocycles. The van der Waals surface area contributed by atoms with Gasteiger partial charge in [0.15, 0.2) is 0 Å². The van der Waals surface area contributed by atoms with Crippen LogP contribution in [0.15, 0.2) is 48.5 Å². The van der Waals surface area contributed by atoms with Crippen LogP contribution in [0.3, 0.4) is 0 Å². The minimum atomic E-state index is -0.0368. The molecule has 1 aliphatic rings. The van der Waals surface area contributed by atoms with Gasteiger partial charge in [-0.1, -0.05) is 41.9 Å². The third kappa shape index (κ3) is 2.68. The summed E-state index contributed by atoms with van der Waals surface area (Å²) in [5.41, 5.74) is 3.20. The molecule has 0 saturated carbocycles. The lowest BCUT2D eigenvalue weighted by molar-refractivity contribution is -0.117. The number of nitrogens with zero attached hydrogens (tertiary/aromatic N) is 1. The van der Waals surface area contributed by atoms with Crippen molar-refractivity contribution < 1.29 is 4.79 Å². The first-order valence-electron chi connectivity index (χ1n) is 6.87. The summed E-state index contributed by atoms with van der Waals surface area (Å²) in [6.07, 6.45) is 0. The molecule has 3 rings (SSSR count). The van der Waals surface area contributed by atoms with Gasteiger partial charge >= 0.3 is 0 Å². The Bertz CT molecular complexity index is 671. The normalized spacial score (nSPS) is 21.9. The van der Waals surface area contributed by atoms with Crippen molar-refractivity contribution in [2.24, 2.45) is 0 Å². The maximum Gasteiger partial charge on any atom is 0.241 e. The summed E-state index contributed by atoms with van der Waals surface area (Å²) in [4.78, 5) is 14.5. The van der Waals surface area contributed by atoms with E-state index in [4.69, 9.17) is 11.6 Å². The molecule has 0 aliphatic carbocycles. The Hall–Kier alpha value is -1.45. The lowest BCUT2D eigenvalue weighted by Crippen LogP contribution is -2.30. The summed E-state index contributed by atoms with van der Waals surface area (Å²) in [6, 6.07) is 15.8. The fourth-order valence-corrected chi connectivity index (χ4v) is 3.95. The van der Waals surface area contributed by atoms with E-state index in [1.54, 1.807) is 11.8 Å². The van der Waals surface area contributed by atoms with E-state index in [-0.39, 0.29) is 16.5 Å². The summed E-state index contributed by atoms with van der Waals surface area (Å²) in [7, 11) is 0. The number of halogens is 1. The molecule has 2 nitrogen and oxygen atoms in total. The minimum Gasteiger partial charge on any atom is -0.295 e. The van der Waals surface area contributed by atoms with Crippen molar-refractivity contribution in [3.8, 4) is 0 Å². The third-order valence-corrected chi connectivity index (χ3v) is 5.29. The first-order valence-corrected chi connectivity index (χ1v) is 8.19. The van der Waals surface area contributed by atoms with E-state index in [0.717, 1.165) is 16.8 Å². The number of rotatable bonds is 2. The smallest absolute Gasteiger partial charge is 0.241 e. The van der Waals surface area contributed by atoms with Crippen LogP contribution in [0.5, 0.6) is 0 Å². The number of carbonyl (C=O) groups is 1. The van der Waals surface area contributed by atoms with E-state index < -0.39 is 0 Å². The van der Waals surface area contributed by atoms with E-state index in [9.17, 15) is 4.79 Å². The molecule has 1 saturated heterocycles. The highest BCUT2D eigenvalue weighted by atomic mass is 35.5. The standard InChI is InChI=1S/C17H16ClNOS/c1-11-5-3-4-6-15(11)19-16(20)12(2)21-17(19)13-7-9-14(18)10-8-13/h3-10,12,17H,1-2H3. The Labute approximate surface area is 134 Å². The monoisotopic (exact) mass is 317 g/mol. The quantitative estimate of drug-likeness (QED) is 0.791. The van der Waals surface area contributed by atoms with E-state index in [0.29, 0.717) is 5.02 Å². The van der Waals surface area contributed by atoms with Crippen LogP contribution in [0.2, 0.25) is 5.02 Å². The molecule has 2 aromatic carbocycles. The van der Waals surface area contributed by atoms with Crippen molar-refractivity contribution in [2.75, 3.05) is 4.90 Å². The fraction of sp³-hybridized carbons (Fsp3) is 0.235. The Balaban J connectivity index is 2.05. The van der Waals surface area contributed by atoms with Gasteiger partial charge in [-0.25, -0.2) is 0 Å². The molecule has 1 aliphatic heterocycles. The van der Waals surface area contributed by atoms with Crippen LogP contribution in [0.25, 0.3) is 0 Å². The lowest BCUT2D eigenvalue weighted by atomic mass is 10.1. The molecule has 0 N–H and O–H groups in total. The molecule has 108 valence electrons. The summed E-state index contributed by atoms with van der Waals surface area (Å²) in [5.74, 6) is 0.161. The lowest BCUT2D eigenvalue weighted by Gasteiger charge is -2.25. The Morgan fingerprint density at radius 2 is 1.76 bits per heavy atom. The van der Waals surface area contributed by atoms with Gasteiger partial charge in [-0.3, -0.25) is 9.69 Å². The average Bonchev–Trinajstić information content (AvgIpc) is 2.77. The molecular formula is C17H16ClNOS. The number of hydrogen-bond donors (Lipinski definition) is 0. The van der Waals surface area contributed by atoms with Crippen molar-refractivity contribution >= 4 is 35.0 Å². The van der Waals surface area contributed by atoms with E-state index >= 15 is 0 Å². The maximum atomic E-state index is 12.6. The predicted molar refractivity (Wildman–Crippen MR) is 89.9 cm³/mol. The number of hydrogen-bond acceptors (Lipinski definition) is 2. The number of amides is 1. The Morgan fingerprint density at radius 3 is 2.43 bits per heavy atom. The van der Waals surface area contributed by atoms with Gasteiger partial charge in [-0.2, -0.15) is 0 Å². The maximum absolute atomic E-state index is 12.6. The second-order valence-electron chi connectivity index (χ2n) is 5.18. The van der Waals surface area contributed by atoms with Crippen LogP contribution in [-0.2, 0) is 4.79 Å². The number of carbonyl (C=O) groups excluding carboxylic acids is 1. The van der Waals surface area contributed by atoms with Crippen LogP contribution in [0.4, 0.5) is 5.69 Å². The van der Waals surface area contributed by atoms with Crippen LogP contribution in [0.1, 0.15) is 23.4 Å². The van der Waals surface area contributed by atoms with Crippen molar-refractivity contribution in [3.63, 3.8) is 0 Å². The predicted octanol–water partition coefficient (Wildman–Crippen LogP) is 4.82.